The third-order valence-corrected chi connectivity index (χ3v) is 4.00. The van der Waals surface area contributed by atoms with Gasteiger partial charge in [0, 0.05) is 13.1 Å². The van der Waals surface area contributed by atoms with Gasteiger partial charge in [0.25, 0.3) is 0 Å². The van der Waals surface area contributed by atoms with Crippen LogP contribution in [0.1, 0.15) is 32.1 Å². The van der Waals surface area contributed by atoms with Crippen LogP contribution in [0.5, 0.6) is 0 Å². The summed E-state index contributed by atoms with van der Waals surface area (Å²) in [5.41, 5.74) is -0.716. The predicted molar refractivity (Wildman–Crippen MR) is 68.0 cm³/mol. The smallest absolute Gasteiger partial charge is 0.235 e. The van der Waals surface area contributed by atoms with Gasteiger partial charge in [-0.1, -0.05) is 19.3 Å². The van der Waals surface area contributed by atoms with Crippen LogP contribution in [0.15, 0.2) is 0 Å². The zero-order valence-electron chi connectivity index (χ0n) is 11.0. The Hall–Kier alpha value is -1.16. The Balaban J connectivity index is 1.85. The highest BCUT2D eigenvalue weighted by atomic mass is 16.3. The van der Waals surface area contributed by atoms with Gasteiger partial charge in [0.1, 0.15) is 5.54 Å². The number of carbonyl (C=O) groups excluding carboxylic acids is 1. The van der Waals surface area contributed by atoms with Gasteiger partial charge < -0.3 is 15.5 Å². The summed E-state index contributed by atoms with van der Waals surface area (Å²) in [6, 6.07) is 2.24. The highest BCUT2D eigenvalue weighted by Gasteiger charge is 2.35. The number of β-amino-alcohol motifs (C(OH)–C–C–N with tert-alkyl or cyclic N) is 2. The number of nitriles is 1. The molecular formula is C13H21N3O3. The molecule has 0 aromatic carbocycles. The first-order valence-electron chi connectivity index (χ1n) is 6.85. The van der Waals surface area contributed by atoms with E-state index in [4.69, 9.17) is 0 Å². The highest BCUT2D eigenvalue weighted by Crippen LogP contribution is 2.27. The lowest BCUT2D eigenvalue weighted by atomic mass is 9.83. The fourth-order valence-corrected chi connectivity index (χ4v) is 2.91. The SMILES string of the molecule is N#CC1(NC(=O)CN2C[C@@H](O)[C@@H](O)C2)CCCCC1. The van der Waals surface area contributed by atoms with Crippen molar-refractivity contribution in [2.75, 3.05) is 19.6 Å². The van der Waals surface area contributed by atoms with Crippen molar-refractivity contribution in [1.29, 1.82) is 5.26 Å². The fraction of sp³-hybridized carbons (Fsp3) is 0.846. The average molecular weight is 267 g/mol. The number of amides is 1. The molecule has 1 aliphatic heterocycles. The summed E-state index contributed by atoms with van der Waals surface area (Å²) in [5, 5.41) is 31.0. The molecule has 0 aromatic rings. The van der Waals surface area contributed by atoms with Gasteiger partial charge in [0.05, 0.1) is 24.8 Å². The second kappa shape index (κ2) is 5.87. The van der Waals surface area contributed by atoms with Crippen LogP contribution in [-0.4, -0.2) is 58.4 Å². The second-order valence-electron chi connectivity index (χ2n) is 5.63. The Kier molecular flexibility index (Phi) is 4.40. The van der Waals surface area contributed by atoms with E-state index in [1.165, 1.54) is 0 Å². The normalized spacial score (nSPS) is 30.8. The summed E-state index contributed by atoms with van der Waals surface area (Å²) >= 11 is 0. The molecule has 1 heterocycles. The molecule has 3 N–H and O–H groups in total. The molecule has 1 aliphatic carbocycles. The van der Waals surface area contributed by atoms with Gasteiger partial charge in [0.2, 0.25) is 5.91 Å². The van der Waals surface area contributed by atoms with Crippen molar-refractivity contribution in [2.24, 2.45) is 0 Å². The number of rotatable bonds is 3. The Morgan fingerprint density at radius 3 is 2.37 bits per heavy atom. The van der Waals surface area contributed by atoms with Crippen molar-refractivity contribution in [3.63, 3.8) is 0 Å². The first-order valence-corrected chi connectivity index (χ1v) is 6.85. The molecule has 2 fully saturated rings. The summed E-state index contributed by atoms with van der Waals surface area (Å²) in [4.78, 5) is 13.7. The Bertz CT molecular complexity index is 364. The van der Waals surface area contributed by atoms with E-state index in [0.29, 0.717) is 25.9 Å². The first kappa shape index (κ1) is 14.3. The monoisotopic (exact) mass is 267 g/mol. The van der Waals surface area contributed by atoms with Crippen LogP contribution in [0.2, 0.25) is 0 Å². The number of hydrogen-bond donors (Lipinski definition) is 3. The molecule has 0 bridgehead atoms. The van der Waals surface area contributed by atoms with Crippen LogP contribution < -0.4 is 5.32 Å². The number of aliphatic hydroxyl groups excluding tert-OH is 2. The molecule has 2 atom stereocenters. The van der Waals surface area contributed by atoms with E-state index < -0.39 is 17.7 Å². The van der Waals surface area contributed by atoms with E-state index in [2.05, 4.69) is 11.4 Å². The molecule has 19 heavy (non-hydrogen) atoms. The summed E-state index contributed by atoms with van der Waals surface area (Å²) < 4.78 is 0. The van der Waals surface area contributed by atoms with Gasteiger partial charge in [-0.15, -0.1) is 0 Å². The van der Waals surface area contributed by atoms with Gasteiger partial charge in [-0.25, -0.2) is 0 Å². The maximum atomic E-state index is 12.0. The van der Waals surface area contributed by atoms with Crippen LogP contribution in [-0.2, 0) is 4.79 Å². The van der Waals surface area contributed by atoms with E-state index in [1.54, 1.807) is 4.90 Å². The van der Waals surface area contributed by atoms with Gasteiger partial charge in [0.15, 0.2) is 0 Å². The Morgan fingerprint density at radius 1 is 1.26 bits per heavy atom. The predicted octanol–water partition coefficient (Wildman–Crippen LogP) is -0.634. The number of carbonyl (C=O) groups is 1. The second-order valence-corrected chi connectivity index (χ2v) is 5.63. The molecule has 6 heteroatoms. The molecule has 2 aliphatic rings. The van der Waals surface area contributed by atoms with Gasteiger partial charge in [-0.2, -0.15) is 5.26 Å². The zero-order valence-corrected chi connectivity index (χ0v) is 11.0. The van der Waals surface area contributed by atoms with E-state index in [1.807, 2.05) is 0 Å². The summed E-state index contributed by atoms with van der Waals surface area (Å²) in [6.07, 6.45) is 2.90. The zero-order chi connectivity index (χ0) is 13.9. The van der Waals surface area contributed by atoms with Crippen LogP contribution in [0.3, 0.4) is 0 Å². The molecule has 6 nitrogen and oxygen atoms in total. The first-order chi connectivity index (χ1) is 9.04. The average Bonchev–Trinajstić information content (AvgIpc) is 2.69. The highest BCUT2D eigenvalue weighted by molar-refractivity contribution is 5.79. The molecule has 1 amide bonds. The Labute approximate surface area is 113 Å². The summed E-state index contributed by atoms with van der Waals surface area (Å²) in [6.45, 7) is 0.722. The van der Waals surface area contributed by atoms with Crippen molar-refractivity contribution in [1.82, 2.24) is 10.2 Å². The quantitative estimate of drug-likeness (QED) is 0.632. The third kappa shape index (κ3) is 3.44. The van der Waals surface area contributed by atoms with E-state index >= 15 is 0 Å². The largest absolute Gasteiger partial charge is 0.389 e. The number of likely N-dealkylation sites (tertiary alicyclic amines) is 1. The van der Waals surface area contributed by atoms with Gasteiger partial charge >= 0.3 is 0 Å². The number of hydrogen-bond acceptors (Lipinski definition) is 5. The summed E-state index contributed by atoms with van der Waals surface area (Å²) in [5.74, 6) is -0.204. The maximum absolute atomic E-state index is 12.0. The molecule has 0 radical (unpaired) electrons. The number of nitrogens with one attached hydrogen (secondary N) is 1. The molecule has 0 spiro atoms. The van der Waals surface area contributed by atoms with Gasteiger partial charge in [-0.05, 0) is 12.8 Å². The Morgan fingerprint density at radius 2 is 1.84 bits per heavy atom. The lowest BCUT2D eigenvalue weighted by Crippen LogP contribution is -2.51. The van der Waals surface area contributed by atoms with E-state index in [9.17, 15) is 20.3 Å². The van der Waals surface area contributed by atoms with Crippen molar-refractivity contribution in [3.8, 4) is 6.07 Å². The molecule has 0 aromatic heterocycles. The molecule has 1 saturated carbocycles. The number of nitrogens with zero attached hydrogens (tertiary/aromatic N) is 2. The van der Waals surface area contributed by atoms with Crippen molar-refractivity contribution < 1.29 is 15.0 Å². The fourth-order valence-electron chi connectivity index (χ4n) is 2.91. The summed E-state index contributed by atoms with van der Waals surface area (Å²) in [7, 11) is 0. The minimum Gasteiger partial charge on any atom is -0.389 e. The third-order valence-electron chi connectivity index (χ3n) is 4.00. The van der Waals surface area contributed by atoms with Crippen molar-refractivity contribution in [3.05, 3.63) is 0 Å². The minimum atomic E-state index is -0.785. The lowest BCUT2D eigenvalue weighted by molar-refractivity contribution is -0.123. The van der Waals surface area contributed by atoms with Gasteiger partial charge in [-0.3, -0.25) is 9.69 Å². The van der Waals surface area contributed by atoms with Crippen LogP contribution in [0, 0.1) is 11.3 Å². The van der Waals surface area contributed by atoms with Crippen molar-refractivity contribution in [2.45, 2.75) is 49.9 Å². The molecule has 106 valence electrons. The maximum Gasteiger partial charge on any atom is 0.235 e. The van der Waals surface area contributed by atoms with Crippen molar-refractivity contribution >= 4 is 5.91 Å². The topological polar surface area (TPSA) is 96.6 Å². The van der Waals surface area contributed by atoms with E-state index in [0.717, 1.165) is 19.3 Å². The molecule has 0 unspecified atom stereocenters. The standard InChI is InChI=1S/C13H21N3O3/c14-9-13(4-2-1-3-5-13)15-12(19)8-16-6-10(17)11(18)7-16/h10-11,17-18H,1-8H2,(H,15,19)/t10-,11+. The number of aliphatic hydroxyl groups is 2. The minimum absolute atomic E-state index is 0.123. The van der Waals surface area contributed by atoms with Crippen LogP contribution in [0.4, 0.5) is 0 Å². The van der Waals surface area contributed by atoms with Crippen LogP contribution in [0.25, 0.3) is 0 Å². The lowest BCUT2D eigenvalue weighted by Gasteiger charge is -2.32. The molecular weight excluding hydrogens is 246 g/mol. The van der Waals surface area contributed by atoms with E-state index in [-0.39, 0.29) is 12.5 Å². The van der Waals surface area contributed by atoms with Crippen LogP contribution >= 0.6 is 0 Å². The molecule has 1 saturated heterocycles. The molecule has 2 rings (SSSR count).